The summed E-state index contributed by atoms with van der Waals surface area (Å²) in [5.74, 6) is 1.08. The van der Waals surface area contributed by atoms with E-state index < -0.39 is 0 Å². The zero-order valence-electron chi connectivity index (χ0n) is 12.0. The van der Waals surface area contributed by atoms with Gasteiger partial charge in [0.05, 0.1) is 0 Å². The lowest BCUT2D eigenvalue weighted by Gasteiger charge is -2.41. The van der Waals surface area contributed by atoms with Gasteiger partial charge in [-0.3, -0.25) is 0 Å². The molecule has 1 heterocycles. The summed E-state index contributed by atoms with van der Waals surface area (Å²) in [6.45, 7) is 9.85. The Labute approximate surface area is 119 Å². The van der Waals surface area contributed by atoms with E-state index in [1.165, 1.54) is 77.8 Å². The Hall–Kier alpha value is 0.270. The molecule has 0 N–H and O–H groups in total. The first-order chi connectivity index (χ1) is 8.78. The van der Waals surface area contributed by atoms with Crippen molar-refractivity contribution in [3.63, 3.8) is 0 Å². The molecule has 0 radical (unpaired) electrons. The minimum Gasteiger partial charge on any atom is -0.301 e. The number of hydrogen-bond acceptors (Lipinski definition) is 3. The summed E-state index contributed by atoms with van der Waals surface area (Å²) in [6, 6.07) is 0. The monoisotopic (exact) mass is 270 g/mol. The fraction of sp³-hybridized carbons (Fsp3) is 1.00. The van der Waals surface area contributed by atoms with Gasteiger partial charge in [0.2, 0.25) is 0 Å². The fourth-order valence-corrected chi connectivity index (χ4v) is 4.00. The number of nitrogens with zero attached hydrogens (tertiary/aromatic N) is 2. The van der Waals surface area contributed by atoms with Crippen LogP contribution in [0.1, 0.15) is 45.4 Å². The third-order valence-electron chi connectivity index (χ3n) is 4.97. The van der Waals surface area contributed by atoms with E-state index >= 15 is 0 Å². The molecule has 0 atom stereocenters. The van der Waals surface area contributed by atoms with Gasteiger partial charge >= 0.3 is 0 Å². The van der Waals surface area contributed by atoms with Crippen molar-refractivity contribution in [2.45, 2.75) is 45.4 Å². The Morgan fingerprint density at radius 2 is 1.44 bits per heavy atom. The molecule has 2 fully saturated rings. The zero-order valence-corrected chi connectivity index (χ0v) is 12.9. The second-order valence-electron chi connectivity index (χ2n) is 6.28. The van der Waals surface area contributed by atoms with Crippen LogP contribution >= 0.6 is 12.6 Å². The van der Waals surface area contributed by atoms with Crippen LogP contribution in [0.3, 0.4) is 0 Å². The Bertz CT molecular complexity index is 229. The van der Waals surface area contributed by atoms with Crippen molar-refractivity contribution in [1.82, 2.24) is 9.80 Å². The first-order valence-corrected chi connectivity index (χ1v) is 8.47. The highest BCUT2D eigenvalue weighted by Gasteiger charge is 2.32. The SMILES string of the molecule is CCN1CCN(CC2(CS)CCCCCC2)CC1. The fourth-order valence-electron chi connectivity index (χ4n) is 3.58. The molecule has 2 aliphatic rings. The molecule has 1 saturated carbocycles. The maximum Gasteiger partial charge on any atom is 0.0110 e. The molecule has 0 amide bonds. The molecule has 0 spiro atoms. The second-order valence-corrected chi connectivity index (χ2v) is 6.60. The van der Waals surface area contributed by atoms with Crippen molar-refractivity contribution in [2.75, 3.05) is 45.0 Å². The molecule has 2 rings (SSSR count). The lowest BCUT2D eigenvalue weighted by atomic mass is 9.81. The predicted molar refractivity (Wildman–Crippen MR) is 82.5 cm³/mol. The minimum atomic E-state index is 0.522. The standard InChI is InChI=1S/C15H30N2S/c1-2-16-9-11-17(12-10-16)13-15(14-18)7-5-3-4-6-8-15/h18H,2-14H2,1H3. The van der Waals surface area contributed by atoms with Crippen molar-refractivity contribution in [3.8, 4) is 0 Å². The molecule has 0 unspecified atom stereocenters. The number of piperazine rings is 1. The van der Waals surface area contributed by atoms with E-state index in [9.17, 15) is 0 Å². The van der Waals surface area contributed by atoms with E-state index in [0.29, 0.717) is 5.41 Å². The second kappa shape index (κ2) is 7.16. The van der Waals surface area contributed by atoms with Crippen LogP contribution in [0.15, 0.2) is 0 Å². The normalized spacial score (nSPS) is 27.0. The van der Waals surface area contributed by atoms with Crippen LogP contribution in [0.5, 0.6) is 0 Å². The van der Waals surface area contributed by atoms with Gasteiger partial charge in [0, 0.05) is 32.7 Å². The molecule has 1 aliphatic heterocycles. The summed E-state index contributed by atoms with van der Waals surface area (Å²) >= 11 is 4.70. The summed E-state index contributed by atoms with van der Waals surface area (Å²) < 4.78 is 0. The van der Waals surface area contributed by atoms with Gasteiger partial charge in [0.1, 0.15) is 0 Å². The Morgan fingerprint density at radius 1 is 0.889 bits per heavy atom. The first kappa shape index (κ1) is 14.7. The van der Waals surface area contributed by atoms with Crippen LogP contribution in [-0.2, 0) is 0 Å². The third kappa shape index (κ3) is 3.88. The number of likely N-dealkylation sites (N-methyl/N-ethyl adjacent to an activating group) is 1. The minimum absolute atomic E-state index is 0.522. The van der Waals surface area contributed by atoms with E-state index in [4.69, 9.17) is 12.6 Å². The Balaban J connectivity index is 1.85. The zero-order chi connectivity index (χ0) is 12.8. The van der Waals surface area contributed by atoms with E-state index in [-0.39, 0.29) is 0 Å². The van der Waals surface area contributed by atoms with Crippen molar-refractivity contribution in [1.29, 1.82) is 0 Å². The van der Waals surface area contributed by atoms with Crippen LogP contribution < -0.4 is 0 Å². The highest BCUT2D eigenvalue weighted by molar-refractivity contribution is 7.80. The molecule has 18 heavy (non-hydrogen) atoms. The van der Waals surface area contributed by atoms with Gasteiger partial charge in [-0.1, -0.05) is 32.6 Å². The quantitative estimate of drug-likeness (QED) is 0.620. The summed E-state index contributed by atoms with van der Waals surface area (Å²) in [5.41, 5.74) is 0.522. The maximum absolute atomic E-state index is 4.70. The van der Waals surface area contributed by atoms with Crippen LogP contribution in [0.2, 0.25) is 0 Å². The summed E-state index contributed by atoms with van der Waals surface area (Å²) in [6.07, 6.45) is 8.55. The molecule has 0 aromatic carbocycles. The summed E-state index contributed by atoms with van der Waals surface area (Å²) in [7, 11) is 0. The topological polar surface area (TPSA) is 6.48 Å². The number of rotatable bonds is 4. The lowest BCUT2D eigenvalue weighted by molar-refractivity contribution is 0.0884. The smallest absolute Gasteiger partial charge is 0.0110 e. The van der Waals surface area contributed by atoms with Crippen LogP contribution in [0.25, 0.3) is 0 Å². The molecule has 0 aromatic heterocycles. The summed E-state index contributed by atoms with van der Waals surface area (Å²) in [5, 5.41) is 0. The van der Waals surface area contributed by atoms with Gasteiger partial charge in [-0.15, -0.1) is 0 Å². The van der Waals surface area contributed by atoms with Gasteiger partial charge in [-0.05, 0) is 30.6 Å². The third-order valence-corrected chi connectivity index (χ3v) is 5.64. The van der Waals surface area contributed by atoms with Gasteiger partial charge in [-0.25, -0.2) is 0 Å². The molecular formula is C15H30N2S. The van der Waals surface area contributed by atoms with Gasteiger partial charge in [0.25, 0.3) is 0 Å². The van der Waals surface area contributed by atoms with E-state index in [1.54, 1.807) is 0 Å². The van der Waals surface area contributed by atoms with Gasteiger partial charge in [-0.2, -0.15) is 12.6 Å². The molecule has 3 heteroatoms. The van der Waals surface area contributed by atoms with Gasteiger partial charge in [0.15, 0.2) is 0 Å². The lowest BCUT2D eigenvalue weighted by Crippen LogP contribution is -2.50. The maximum atomic E-state index is 4.70. The molecule has 2 nitrogen and oxygen atoms in total. The average molecular weight is 270 g/mol. The predicted octanol–water partition coefficient (Wildman–Crippen LogP) is 2.89. The molecule has 1 aliphatic carbocycles. The summed E-state index contributed by atoms with van der Waals surface area (Å²) in [4.78, 5) is 5.27. The Kier molecular flexibility index (Phi) is 5.84. The number of hydrogen-bond donors (Lipinski definition) is 1. The van der Waals surface area contributed by atoms with E-state index in [1.807, 2.05) is 0 Å². The largest absolute Gasteiger partial charge is 0.301 e. The molecule has 1 saturated heterocycles. The molecule has 0 aromatic rings. The van der Waals surface area contributed by atoms with Crippen molar-refractivity contribution in [3.05, 3.63) is 0 Å². The highest BCUT2D eigenvalue weighted by Crippen LogP contribution is 2.37. The van der Waals surface area contributed by atoms with Crippen LogP contribution in [0, 0.1) is 5.41 Å². The highest BCUT2D eigenvalue weighted by atomic mass is 32.1. The van der Waals surface area contributed by atoms with E-state index in [0.717, 1.165) is 5.75 Å². The molecular weight excluding hydrogens is 240 g/mol. The van der Waals surface area contributed by atoms with Crippen molar-refractivity contribution >= 4 is 12.6 Å². The Morgan fingerprint density at radius 3 is 1.94 bits per heavy atom. The average Bonchev–Trinajstić information content (AvgIpc) is 2.66. The molecule has 106 valence electrons. The van der Waals surface area contributed by atoms with Crippen molar-refractivity contribution in [2.24, 2.45) is 5.41 Å². The van der Waals surface area contributed by atoms with Crippen LogP contribution in [-0.4, -0.2) is 54.8 Å². The van der Waals surface area contributed by atoms with Crippen molar-refractivity contribution < 1.29 is 0 Å². The first-order valence-electron chi connectivity index (χ1n) is 7.83. The van der Waals surface area contributed by atoms with E-state index in [2.05, 4.69) is 16.7 Å². The van der Waals surface area contributed by atoms with Gasteiger partial charge < -0.3 is 9.80 Å². The van der Waals surface area contributed by atoms with Crippen LogP contribution in [0.4, 0.5) is 0 Å². The number of thiol groups is 1. The molecule has 0 bridgehead atoms.